The van der Waals surface area contributed by atoms with Gasteiger partial charge in [0.1, 0.15) is 11.9 Å². The number of nitrogens with zero attached hydrogens (tertiary/aromatic N) is 1. The van der Waals surface area contributed by atoms with Crippen LogP contribution < -0.4 is 5.32 Å². The van der Waals surface area contributed by atoms with Crippen LogP contribution in [0.1, 0.15) is 17.3 Å². The standard InChI is InChI=1S/C10H8ClFN2O/c1-6(5-13)14-10(15)7-3-2-4-8(12)9(7)11/h2-4,6H,1H3,(H,14,15). The highest BCUT2D eigenvalue weighted by Crippen LogP contribution is 2.19. The molecule has 0 fully saturated rings. The van der Waals surface area contributed by atoms with Crippen molar-refractivity contribution in [3.05, 3.63) is 34.6 Å². The maximum atomic E-state index is 13.0. The topological polar surface area (TPSA) is 52.9 Å². The molecule has 0 spiro atoms. The maximum Gasteiger partial charge on any atom is 0.253 e. The lowest BCUT2D eigenvalue weighted by atomic mass is 10.2. The van der Waals surface area contributed by atoms with Gasteiger partial charge in [0.2, 0.25) is 0 Å². The number of hydrogen-bond acceptors (Lipinski definition) is 2. The quantitative estimate of drug-likeness (QED) is 0.840. The first kappa shape index (κ1) is 11.5. The number of nitrogens with one attached hydrogen (secondary N) is 1. The second kappa shape index (κ2) is 4.76. The molecule has 5 heteroatoms. The molecule has 1 atom stereocenters. The Morgan fingerprint density at radius 1 is 1.67 bits per heavy atom. The van der Waals surface area contributed by atoms with Crippen LogP contribution in [0.15, 0.2) is 18.2 Å². The predicted octanol–water partition coefficient (Wildman–Crippen LogP) is 2.12. The Hall–Kier alpha value is -1.60. The molecule has 0 saturated heterocycles. The molecule has 3 nitrogen and oxygen atoms in total. The van der Waals surface area contributed by atoms with Gasteiger partial charge in [-0.05, 0) is 19.1 Å². The highest BCUT2D eigenvalue weighted by Gasteiger charge is 2.14. The number of carbonyl (C=O) groups is 1. The number of amides is 1. The Morgan fingerprint density at radius 3 is 2.93 bits per heavy atom. The molecule has 1 aromatic rings. The molecule has 0 saturated carbocycles. The van der Waals surface area contributed by atoms with E-state index in [1.807, 2.05) is 6.07 Å². The summed E-state index contributed by atoms with van der Waals surface area (Å²) in [5.74, 6) is -1.22. The van der Waals surface area contributed by atoms with E-state index in [2.05, 4.69) is 5.32 Å². The average molecular weight is 227 g/mol. The average Bonchev–Trinajstić information content (AvgIpc) is 2.21. The SMILES string of the molecule is CC(C#N)NC(=O)c1cccc(F)c1Cl. The number of halogens is 2. The van der Waals surface area contributed by atoms with Gasteiger partial charge in [-0.25, -0.2) is 4.39 Å². The van der Waals surface area contributed by atoms with E-state index in [9.17, 15) is 9.18 Å². The van der Waals surface area contributed by atoms with Crippen molar-refractivity contribution in [1.29, 1.82) is 5.26 Å². The van der Waals surface area contributed by atoms with E-state index in [1.165, 1.54) is 19.1 Å². The van der Waals surface area contributed by atoms with Gasteiger partial charge in [-0.1, -0.05) is 17.7 Å². The second-order valence-electron chi connectivity index (χ2n) is 2.93. The van der Waals surface area contributed by atoms with Crippen LogP contribution in [0.4, 0.5) is 4.39 Å². The lowest BCUT2D eigenvalue weighted by Gasteiger charge is -2.07. The van der Waals surface area contributed by atoms with Crippen molar-refractivity contribution in [2.45, 2.75) is 13.0 Å². The van der Waals surface area contributed by atoms with Gasteiger partial charge in [0.15, 0.2) is 0 Å². The summed E-state index contributed by atoms with van der Waals surface area (Å²) < 4.78 is 13.0. The van der Waals surface area contributed by atoms with Crippen molar-refractivity contribution in [2.24, 2.45) is 0 Å². The number of rotatable bonds is 2. The van der Waals surface area contributed by atoms with E-state index in [4.69, 9.17) is 16.9 Å². The Kier molecular flexibility index (Phi) is 3.64. The van der Waals surface area contributed by atoms with Gasteiger partial charge in [0.25, 0.3) is 5.91 Å². The molecule has 0 aliphatic carbocycles. The molecule has 1 rings (SSSR count). The fourth-order valence-electron chi connectivity index (χ4n) is 0.986. The van der Waals surface area contributed by atoms with Crippen LogP contribution in [0.2, 0.25) is 5.02 Å². The molecule has 1 amide bonds. The zero-order valence-electron chi connectivity index (χ0n) is 7.92. The largest absolute Gasteiger partial charge is 0.336 e. The zero-order chi connectivity index (χ0) is 11.4. The molecule has 1 unspecified atom stereocenters. The molecule has 1 N–H and O–H groups in total. The summed E-state index contributed by atoms with van der Waals surface area (Å²) in [5, 5.41) is 10.6. The number of carbonyl (C=O) groups excluding carboxylic acids is 1. The number of nitriles is 1. The summed E-state index contributed by atoms with van der Waals surface area (Å²) >= 11 is 5.60. The Morgan fingerprint density at radius 2 is 2.33 bits per heavy atom. The molecule has 0 aromatic heterocycles. The van der Waals surface area contributed by atoms with Crippen LogP contribution in [-0.2, 0) is 0 Å². The fourth-order valence-corrected chi connectivity index (χ4v) is 1.20. The summed E-state index contributed by atoms with van der Waals surface area (Å²) in [4.78, 5) is 11.5. The molecule has 0 bridgehead atoms. The second-order valence-corrected chi connectivity index (χ2v) is 3.30. The van der Waals surface area contributed by atoms with E-state index in [0.29, 0.717) is 0 Å². The first-order chi connectivity index (χ1) is 7.06. The molecule has 0 radical (unpaired) electrons. The van der Waals surface area contributed by atoms with E-state index >= 15 is 0 Å². The van der Waals surface area contributed by atoms with Crippen molar-refractivity contribution >= 4 is 17.5 Å². The van der Waals surface area contributed by atoms with E-state index < -0.39 is 17.8 Å². The van der Waals surface area contributed by atoms with Crippen LogP contribution in [0.5, 0.6) is 0 Å². The first-order valence-electron chi connectivity index (χ1n) is 4.20. The third kappa shape index (κ3) is 2.67. The van der Waals surface area contributed by atoms with Crippen LogP contribution >= 0.6 is 11.6 Å². The van der Waals surface area contributed by atoms with Gasteiger partial charge in [0.05, 0.1) is 16.7 Å². The summed E-state index contributed by atoms with van der Waals surface area (Å²) in [6, 6.07) is 5.12. The summed E-state index contributed by atoms with van der Waals surface area (Å²) in [7, 11) is 0. The summed E-state index contributed by atoms with van der Waals surface area (Å²) in [5.41, 5.74) is 0.0266. The minimum Gasteiger partial charge on any atom is -0.336 e. The smallest absolute Gasteiger partial charge is 0.253 e. The lowest BCUT2D eigenvalue weighted by molar-refractivity contribution is 0.0947. The fraction of sp³-hybridized carbons (Fsp3) is 0.200. The number of hydrogen-bond donors (Lipinski definition) is 1. The van der Waals surface area contributed by atoms with Crippen molar-refractivity contribution in [2.75, 3.05) is 0 Å². The Balaban J connectivity index is 2.93. The minimum atomic E-state index is -0.658. The van der Waals surface area contributed by atoms with Gasteiger partial charge >= 0.3 is 0 Å². The minimum absolute atomic E-state index is 0.0266. The highest BCUT2D eigenvalue weighted by molar-refractivity contribution is 6.34. The lowest BCUT2D eigenvalue weighted by Crippen LogP contribution is -2.31. The molecular weight excluding hydrogens is 219 g/mol. The van der Waals surface area contributed by atoms with Crippen molar-refractivity contribution in [3.8, 4) is 6.07 Å². The van der Waals surface area contributed by atoms with Gasteiger partial charge in [-0.2, -0.15) is 5.26 Å². The monoisotopic (exact) mass is 226 g/mol. The molecule has 1 aromatic carbocycles. The third-order valence-corrected chi connectivity index (χ3v) is 2.12. The van der Waals surface area contributed by atoms with Crippen LogP contribution in [0.3, 0.4) is 0 Å². The third-order valence-electron chi connectivity index (χ3n) is 1.74. The van der Waals surface area contributed by atoms with E-state index in [1.54, 1.807) is 0 Å². The summed E-state index contributed by atoms with van der Waals surface area (Å²) in [6.45, 7) is 1.52. The molecule has 15 heavy (non-hydrogen) atoms. The van der Waals surface area contributed by atoms with Gasteiger partial charge in [-0.3, -0.25) is 4.79 Å². The van der Waals surface area contributed by atoms with E-state index in [0.717, 1.165) is 6.07 Å². The van der Waals surface area contributed by atoms with Crippen LogP contribution in [-0.4, -0.2) is 11.9 Å². The van der Waals surface area contributed by atoms with Gasteiger partial charge in [0, 0.05) is 0 Å². The Bertz CT molecular complexity index is 428. The molecule has 0 heterocycles. The van der Waals surface area contributed by atoms with Crippen molar-refractivity contribution in [3.63, 3.8) is 0 Å². The van der Waals surface area contributed by atoms with Crippen molar-refractivity contribution in [1.82, 2.24) is 5.32 Å². The molecule has 0 aliphatic heterocycles. The van der Waals surface area contributed by atoms with Crippen molar-refractivity contribution < 1.29 is 9.18 Å². The summed E-state index contributed by atoms with van der Waals surface area (Å²) in [6.07, 6.45) is 0. The predicted molar refractivity (Wildman–Crippen MR) is 54.0 cm³/mol. The Labute approximate surface area is 91.5 Å². The van der Waals surface area contributed by atoms with E-state index in [-0.39, 0.29) is 10.6 Å². The normalized spacial score (nSPS) is 11.6. The maximum absolute atomic E-state index is 13.0. The van der Waals surface area contributed by atoms with Gasteiger partial charge < -0.3 is 5.32 Å². The van der Waals surface area contributed by atoms with Crippen LogP contribution in [0.25, 0.3) is 0 Å². The molecule has 0 aliphatic rings. The van der Waals surface area contributed by atoms with Gasteiger partial charge in [-0.15, -0.1) is 0 Å². The zero-order valence-corrected chi connectivity index (χ0v) is 8.68. The molecular formula is C10H8ClFN2O. The first-order valence-corrected chi connectivity index (χ1v) is 4.58. The number of benzene rings is 1. The molecule has 78 valence electrons. The van der Waals surface area contributed by atoms with Crippen LogP contribution in [0, 0.1) is 17.1 Å². The highest BCUT2D eigenvalue weighted by atomic mass is 35.5.